The van der Waals surface area contributed by atoms with Gasteiger partial charge in [0.2, 0.25) is 0 Å². The van der Waals surface area contributed by atoms with E-state index < -0.39 is 27.9 Å². The monoisotopic (exact) mass is 596 g/mol. The van der Waals surface area contributed by atoms with Gasteiger partial charge in [0.1, 0.15) is 6.04 Å². The fourth-order valence-corrected chi connectivity index (χ4v) is 6.45. The van der Waals surface area contributed by atoms with Crippen LogP contribution < -0.4 is 9.62 Å². The standard InChI is InChI=1S/C32H32N2O5S2.Li.H/c1-23-11-9-10-16-27(23)29-21-26(17-18-28(29)31(35)33-30(32(36)37)19-20-40-2)41(38,39)34(25-14-7-4-8-15-25)22-24-12-5-3-6-13-24;;/h3-18,21,30H,19-20,22H2,1-2H3,(H,33,35)(H,36,37);;. The van der Waals surface area contributed by atoms with E-state index in [-0.39, 0.29) is 42.3 Å². The van der Waals surface area contributed by atoms with Gasteiger partial charge in [-0.25, -0.2) is 13.2 Å². The molecule has 0 bridgehead atoms. The number of sulfonamides is 1. The Kier molecular flexibility index (Phi) is 11.9. The average molecular weight is 597 g/mol. The molecular weight excluding hydrogens is 563 g/mol. The molecule has 0 saturated carbocycles. The number of amides is 1. The van der Waals surface area contributed by atoms with Crippen LogP contribution in [0.3, 0.4) is 0 Å². The Morgan fingerprint density at radius 1 is 0.881 bits per heavy atom. The molecule has 7 nitrogen and oxygen atoms in total. The number of hydrogen-bond donors (Lipinski definition) is 2. The molecule has 10 heteroatoms. The van der Waals surface area contributed by atoms with Crippen LogP contribution in [0.25, 0.3) is 11.1 Å². The zero-order valence-electron chi connectivity index (χ0n) is 22.9. The Morgan fingerprint density at radius 3 is 2.12 bits per heavy atom. The normalized spacial score (nSPS) is 11.7. The van der Waals surface area contributed by atoms with Gasteiger partial charge in [-0.05, 0) is 77.9 Å². The summed E-state index contributed by atoms with van der Waals surface area (Å²) in [4.78, 5) is 25.3. The van der Waals surface area contributed by atoms with Crippen LogP contribution in [-0.4, -0.2) is 62.3 Å². The van der Waals surface area contributed by atoms with Gasteiger partial charge in [0, 0.05) is 5.56 Å². The number of hydrogen-bond acceptors (Lipinski definition) is 5. The molecule has 0 spiro atoms. The van der Waals surface area contributed by atoms with E-state index in [1.54, 1.807) is 24.3 Å². The van der Waals surface area contributed by atoms with E-state index >= 15 is 0 Å². The van der Waals surface area contributed by atoms with Crippen molar-refractivity contribution >= 4 is 58.2 Å². The molecule has 42 heavy (non-hydrogen) atoms. The summed E-state index contributed by atoms with van der Waals surface area (Å²) in [6.07, 6.45) is 2.13. The van der Waals surface area contributed by atoms with Crippen LogP contribution in [0.5, 0.6) is 0 Å². The van der Waals surface area contributed by atoms with Crippen molar-refractivity contribution in [2.24, 2.45) is 0 Å². The Morgan fingerprint density at radius 2 is 1.50 bits per heavy atom. The molecular formula is C32H33LiN2O5S2. The number of para-hydroxylation sites is 1. The summed E-state index contributed by atoms with van der Waals surface area (Å²) in [5, 5.41) is 12.3. The Bertz CT molecular complexity index is 1620. The number of carbonyl (C=O) groups excluding carboxylic acids is 1. The number of benzene rings is 4. The van der Waals surface area contributed by atoms with Crippen molar-refractivity contribution in [3.63, 3.8) is 0 Å². The molecule has 4 aromatic rings. The molecule has 0 aliphatic rings. The van der Waals surface area contributed by atoms with Gasteiger partial charge in [0.15, 0.2) is 0 Å². The van der Waals surface area contributed by atoms with E-state index in [1.165, 1.54) is 34.3 Å². The second-order valence-electron chi connectivity index (χ2n) is 9.50. The van der Waals surface area contributed by atoms with Crippen LogP contribution in [0.1, 0.15) is 27.9 Å². The zero-order valence-corrected chi connectivity index (χ0v) is 24.5. The Hall–Kier alpha value is -3.48. The van der Waals surface area contributed by atoms with Gasteiger partial charge in [-0.15, -0.1) is 0 Å². The molecule has 0 heterocycles. The van der Waals surface area contributed by atoms with Crippen molar-refractivity contribution in [2.75, 3.05) is 16.3 Å². The number of nitrogens with zero attached hydrogens (tertiary/aromatic N) is 1. The van der Waals surface area contributed by atoms with Crippen LogP contribution in [0.2, 0.25) is 0 Å². The molecule has 1 amide bonds. The van der Waals surface area contributed by atoms with E-state index in [0.717, 1.165) is 11.1 Å². The molecule has 0 fully saturated rings. The average Bonchev–Trinajstić information content (AvgIpc) is 2.98. The van der Waals surface area contributed by atoms with E-state index in [0.29, 0.717) is 22.6 Å². The Balaban J connectivity index is 0.00000484. The second kappa shape index (κ2) is 15.1. The number of carboxylic acids is 1. The second-order valence-corrected chi connectivity index (χ2v) is 12.3. The summed E-state index contributed by atoms with van der Waals surface area (Å²) in [6.45, 7) is 1.99. The number of aliphatic carboxylic acids is 1. The van der Waals surface area contributed by atoms with E-state index in [1.807, 2.05) is 73.8 Å². The minimum atomic E-state index is -4.08. The number of carboxylic acid groups (broad SMARTS) is 1. The number of nitrogens with one attached hydrogen (secondary N) is 1. The Labute approximate surface area is 263 Å². The third-order valence-corrected chi connectivity index (χ3v) is 9.10. The molecule has 2 N–H and O–H groups in total. The maximum absolute atomic E-state index is 14.2. The van der Waals surface area contributed by atoms with Crippen molar-refractivity contribution in [3.8, 4) is 11.1 Å². The quantitative estimate of drug-likeness (QED) is 0.214. The van der Waals surface area contributed by atoms with Gasteiger partial charge in [0.05, 0.1) is 17.1 Å². The molecule has 4 aromatic carbocycles. The fourth-order valence-electron chi connectivity index (χ4n) is 4.49. The molecule has 0 aliphatic carbocycles. The van der Waals surface area contributed by atoms with Crippen molar-refractivity contribution in [3.05, 3.63) is 120 Å². The first-order chi connectivity index (χ1) is 19.7. The molecule has 4 rings (SSSR count). The van der Waals surface area contributed by atoms with E-state index in [4.69, 9.17) is 0 Å². The summed E-state index contributed by atoms with van der Waals surface area (Å²) in [7, 11) is -4.08. The number of carbonyl (C=O) groups is 2. The van der Waals surface area contributed by atoms with Gasteiger partial charge in [0.25, 0.3) is 15.9 Å². The first kappa shape index (κ1) is 33.0. The fraction of sp³-hybridized carbons (Fsp3) is 0.188. The predicted molar refractivity (Wildman–Crippen MR) is 172 cm³/mol. The number of rotatable bonds is 12. The predicted octanol–water partition coefficient (Wildman–Crippen LogP) is 5.35. The third kappa shape index (κ3) is 7.87. The van der Waals surface area contributed by atoms with Crippen molar-refractivity contribution in [1.82, 2.24) is 5.32 Å². The summed E-state index contributed by atoms with van der Waals surface area (Å²) in [6, 6.07) is 28.9. The van der Waals surface area contributed by atoms with E-state index in [2.05, 4.69) is 5.32 Å². The summed E-state index contributed by atoms with van der Waals surface area (Å²) in [5.74, 6) is -1.14. The van der Waals surface area contributed by atoms with Crippen molar-refractivity contribution in [2.45, 2.75) is 30.8 Å². The molecule has 0 aromatic heterocycles. The number of thioether (sulfide) groups is 1. The first-order valence-corrected chi connectivity index (χ1v) is 15.9. The van der Waals surface area contributed by atoms with Crippen LogP contribution in [0, 0.1) is 6.92 Å². The van der Waals surface area contributed by atoms with Gasteiger partial charge in [-0.2, -0.15) is 11.8 Å². The van der Waals surface area contributed by atoms with Crippen LogP contribution in [0.15, 0.2) is 108 Å². The van der Waals surface area contributed by atoms with Crippen molar-refractivity contribution < 1.29 is 23.1 Å². The van der Waals surface area contributed by atoms with Gasteiger partial charge < -0.3 is 10.4 Å². The van der Waals surface area contributed by atoms with Crippen LogP contribution >= 0.6 is 11.8 Å². The minimum absolute atomic E-state index is 0. The van der Waals surface area contributed by atoms with Crippen molar-refractivity contribution in [1.29, 1.82) is 0 Å². The molecule has 0 radical (unpaired) electrons. The number of aryl methyl sites for hydroxylation is 1. The summed E-state index contributed by atoms with van der Waals surface area (Å²) >= 11 is 1.49. The van der Waals surface area contributed by atoms with Gasteiger partial charge in [-0.1, -0.05) is 72.8 Å². The van der Waals surface area contributed by atoms with Gasteiger partial charge >= 0.3 is 24.8 Å². The van der Waals surface area contributed by atoms with Crippen LogP contribution in [0.4, 0.5) is 5.69 Å². The molecule has 214 valence electrons. The summed E-state index contributed by atoms with van der Waals surface area (Å²) < 4.78 is 29.8. The third-order valence-electron chi connectivity index (χ3n) is 6.69. The molecule has 0 aliphatic heterocycles. The SMILES string of the molecule is CSCCC(NC(=O)c1ccc(S(=O)(=O)N(Cc2ccccc2)c2ccccc2)cc1-c1ccccc1C)C(=O)O.[LiH]. The maximum atomic E-state index is 14.2. The molecule has 1 unspecified atom stereocenters. The number of anilines is 1. The van der Waals surface area contributed by atoms with Gasteiger partial charge in [-0.3, -0.25) is 9.10 Å². The molecule has 1 atom stereocenters. The topological polar surface area (TPSA) is 104 Å². The summed E-state index contributed by atoms with van der Waals surface area (Å²) in [5.41, 5.74) is 3.46. The zero-order chi connectivity index (χ0) is 29.4. The van der Waals surface area contributed by atoms with E-state index in [9.17, 15) is 23.1 Å². The molecule has 0 saturated heterocycles. The van der Waals surface area contributed by atoms with Crippen LogP contribution in [-0.2, 0) is 21.4 Å². The first-order valence-electron chi connectivity index (χ1n) is 13.1.